The molecule has 0 saturated carbocycles. The Morgan fingerprint density at radius 3 is 1.50 bits per heavy atom. The van der Waals surface area contributed by atoms with Gasteiger partial charge in [0.25, 0.3) is 0 Å². The maximum atomic E-state index is 12.1. The molecule has 40 heavy (non-hydrogen) atoms. The van der Waals surface area contributed by atoms with Gasteiger partial charge in [0.15, 0.2) is 12.2 Å². The van der Waals surface area contributed by atoms with Gasteiger partial charge in [-0.3, -0.25) is 37.3 Å². The normalized spacial score (nSPS) is 16.5. The summed E-state index contributed by atoms with van der Waals surface area (Å²) in [4.78, 5) is 65.1. The third-order valence-corrected chi connectivity index (χ3v) is 6.14. The highest BCUT2D eigenvalue weighted by Crippen LogP contribution is 2.45. The van der Waals surface area contributed by atoms with Crippen molar-refractivity contribution in [3.63, 3.8) is 0 Å². The van der Waals surface area contributed by atoms with Crippen molar-refractivity contribution in [1.29, 1.82) is 0 Å². The summed E-state index contributed by atoms with van der Waals surface area (Å²) in [6.07, 6.45) is -3.61. The molecule has 0 saturated heterocycles. The first-order valence-corrected chi connectivity index (χ1v) is 15.2. The number of hydrogen-bond donors (Lipinski definition) is 3. The van der Waals surface area contributed by atoms with Crippen molar-refractivity contribution in [3.05, 3.63) is 0 Å². The molecule has 0 rings (SSSR count). The summed E-state index contributed by atoms with van der Waals surface area (Å²) in [7, 11) is -9.66. The molecule has 17 nitrogen and oxygen atoms in total. The van der Waals surface area contributed by atoms with Crippen molar-refractivity contribution in [1.82, 2.24) is 0 Å². The van der Waals surface area contributed by atoms with Crippen LogP contribution in [0.1, 0.15) is 53.4 Å². The van der Waals surface area contributed by atoms with Crippen molar-refractivity contribution in [2.24, 2.45) is 0 Å². The number of ether oxygens (including phenoxy) is 4. The summed E-state index contributed by atoms with van der Waals surface area (Å²) < 4.78 is 62.4. The number of phosphoric ester groups is 2. The quantitative estimate of drug-likeness (QED) is 0.0870. The molecule has 19 heteroatoms. The molecule has 0 radical (unpaired) electrons. The molecular weight excluding hydrogens is 586 g/mol. The number of aliphatic hydroxyl groups excluding tert-OH is 1. The van der Waals surface area contributed by atoms with E-state index in [2.05, 4.69) is 13.6 Å². The average molecular weight is 624 g/mol. The number of aliphatic hydroxyl groups is 1. The largest absolute Gasteiger partial charge is 0.472 e. The zero-order chi connectivity index (χ0) is 30.8. The fraction of sp³-hybridized carbons (Fsp3) is 0.810. The topological polar surface area (TPSA) is 237 Å². The van der Waals surface area contributed by atoms with E-state index in [1.807, 2.05) is 0 Å². The SMILES string of the molecule is CCCC(=O)O[C@H](COC(=O)CC)COP(=O)(O)OC[C@H](O)COP(=O)(O)OC[C@@H](COC(C)=O)OC(=O)CC. The third-order valence-electron chi connectivity index (χ3n) is 4.24. The van der Waals surface area contributed by atoms with E-state index in [1.54, 1.807) is 6.92 Å². The van der Waals surface area contributed by atoms with Gasteiger partial charge in [-0.2, -0.15) is 0 Å². The van der Waals surface area contributed by atoms with E-state index in [1.165, 1.54) is 13.8 Å². The van der Waals surface area contributed by atoms with Gasteiger partial charge in [0, 0.05) is 26.2 Å². The molecule has 0 heterocycles. The summed E-state index contributed by atoms with van der Waals surface area (Å²) in [6, 6.07) is 0. The summed E-state index contributed by atoms with van der Waals surface area (Å²) >= 11 is 0. The van der Waals surface area contributed by atoms with E-state index in [4.69, 9.17) is 23.5 Å². The van der Waals surface area contributed by atoms with Crippen molar-refractivity contribution < 1.29 is 80.2 Å². The molecule has 5 atom stereocenters. The fourth-order valence-corrected chi connectivity index (χ4v) is 3.87. The maximum Gasteiger partial charge on any atom is 0.472 e. The van der Waals surface area contributed by atoms with E-state index in [0.717, 1.165) is 6.92 Å². The van der Waals surface area contributed by atoms with Crippen molar-refractivity contribution >= 4 is 39.5 Å². The van der Waals surface area contributed by atoms with Crippen LogP contribution in [0, 0.1) is 0 Å². The van der Waals surface area contributed by atoms with Crippen molar-refractivity contribution in [3.8, 4) is 0 Å². The standard InChI is InChI=1S/C21H38O17P2/c1-5-8-21(26)38-18(12-32-19(24)6-2)14-36-40(29,30)34-10-16(23)9-33-39(27,28)35-13-17(11-31-15(4)22)37-20(25)7-3/h16-18,23H,5-14H2,1-4H3,(H,27,28)(H,29,30)/t16-,17-,18-/m1/s1. The Balaban J connectivity index is 4.74. The molecular formula is C21H38O17P2. The lowest BCUT2D eigenvalue weighted by Crippen LogP contribution is -2.30. The van der Waals surface area contributed by atoms with Gasteiger partial charge in [0.05, 0.1) is 26.4 Å². The molecule has 0 bridgehead atoms. The van der Waals surface area contributed by atoms with Crippen molar-refractivity contribution in [2.75, 3.05) is 39.6 Å². The average Bonchev–Trinajstić information content (AvgIpc) is 2.89. The summed E-state index contributed by atoms with van der Waals surface area (Å²) in [5, 5.41) is 9.90. The molecule has 0 aliphatic heterocycles. The second kappa shape index (κ2) is 20.0. The van der Waals surface area contributed by atoms with Crippen LogP contribution in [0.4, 0.5) is 0 Å². The lowest BCUT2D eigenvalue weighted by Gasteiger charge is -2.21. The number of phosphoric acid groups is 2. The lowest BCUT2D eigenvalue weighted by atomic mass is 10.3. The van der Waals surface area contributed by atoms with E-state index < -0.39 is 97.5 Å². The van der Waals surface area contributed by atoms with Crippen LogP contribution in [0.25, 0.3) is 0 Å². The molecule has 0 amide bonds. The van der Waals surface area contributed by atoms with Crippen LogP contribution in [0.3, 0.4) is 0 Å². The van der Waals surface area contributed by atoms with Crippen LogP contribution in [0.5, 0.6) is 0 Å². The molecule has 0 aliphatic rings. The number of carbonyl (C=O) groups is 4. The van der Waals surface area contributed by atoms with E-state index in [0.29, 0.717) is 6.42 Å². The van der Waals surface area contributed by atoms with Gasteiger partial charge in [-0.1, -0.05) is 20.8 Å². The van der Waals surface area contributed by atoms with Crippen LogP contribution in [0.2, 0.25) is 0 Å². The molecule has 3 N–H and O–H groups in total. The van der Waals surface area contributed by atoms with Gasteiger partial charge in [-0.15, -0.1) is 0 Å². The van der Waals surface area contributed by atoms with Crippen LogP contribution in [-0.2, 0) is 65.4 Å². The van der Waals surface area contributed by atoms with Gasteiger partial charge >= 0.3 is 39.5 Å². The van der Waals surface area contributed by atoms with Crippen LogP contribution in [-0.4, -0.2) is 96.7 Å². The maximum absolute atomic E-state index is 12.1. The Kier molecular flexibility index (Phi) is 19.1. The summed E-state index contributed by atoms with van der Waals surface area (Å²) in [5.41, 5.74) is 0. The first-order valence-electron chi connectivity index (χ1n) is 12.2. The van der Waals surface area contributed by atoms with Gasteiger partial charge in [0.2, 0.25) is 0 Å². The minimum absolute atomic E-state index is 0.0224. The van der Waals surface area contributed by atoms with E-state index in [9.17, 15) is 43.2 Å². The summed E-state index contributed by atoms with van der Waals surface area (Å²) in [5.74, 6) is -2.63. The van der Waals surface area contributed by atoms with Gasteiger partial charge < -0.3 is 33.8 Å². The van der Waals surface area contributed by atoms with Gasteiger partial charge in [-0.05, 0) is 6.42 Å². The molecule has 0 aromatic heterocycles. The number of hydrogen-bond acceptors (Lipinski definition) is 15. The highest BCUT2D eigenvalue weighted by molar-refractivity contribution is 7.47. The summed E-state index contributed by atoms with van der Waals surface area (Å²) in [6.45, 7) is 1.77. The number of rotatable bonds is 22. The predicted molar refractivity (Wildman–Crippen MR) is 132 cm³/mol. The molecule has 0 fully saturated rings. The molecule has 0 spiro atoms. The van der Waals surface area contributed by atoms with E-state index in [-0.39, 0.29) is 19.3 Å². The molecule has 0 aliphatic carbocycles. The van der Waals surface area contributed by atoms with Crippen LogP contribution >= 0.6 is 15.6 Å². The number of esters is 4. The second-order valence-electron chi connectivity index (χ2n) is 7.94. The molecule has 0 aromatic rings. The minimum Gasteiger partial charge on any atom is -0.462 e. The van der Waals surface area contributed by atoms with Crippen LogP contribution in [0.15, 0.2) is 0 Å². The zero-order valence-corrected chi connectivity index (χ0v) is 24.5. The first-order chi connectivity index (χ1) is 18.6. The number of carbonyl (C=O) groups excluding carboxylic acids is 4. The zero-order valence-electron chi connectivity index (χ0n) is 22.8. The van der Waals surface area contributed by atoms with Gasteiger partial charge in [0.1, 0.15) is 19.3 Å². The first kappa shape index (κ1) is 38.1. The Bertz CT molecular complexity index is 894. The minimum atomic E-state index is -4.84. The Hall–Kier alpha value is -1.94. The Morgan fingerprint density at radius 2 is 1.07 bits per heavy atom. The predicted octanol–water partition coefficient (Wildman–Crippen LogP) is 1.16. The second-order valence-corrected chi connectivity index (χ2v) is 10.8. The lowest BCUT2D eigenvalue weighted by molar-refractivity contribution is -0.161. The smallest absolute Gasteiger partial charge is 0.462 e. The van der Waals surface area contributed by atoms with E-state index >= 15 is 0 Å². The highest BCUT2D eigenvalue weighted by Gasteiger charge is 2.29. The monoisotopic (exact) mass is 624 g/mol. The molecule has 0 aromatic carbocycles. The molecule has 2 unspecified atom stereocenters. The highest BCUT2D eigenvalue weighted by atomic mass is 31.2. The third kappa shape index (κ3) is 20.0. The van der Waals surface area contributed by atoms with Crippen molar-refractivity contribution in [2.45, 2.75) is 71.7 Å². The van der Waals surface area contributed by atoms with Crippen LogP contribution < -0.4 is 0 Å². The Labute approximate surface area is 231 Å². The fourth-order valence-electron chi connectivity index (χ4n) is 2.29. The van der Waals surface area contributed by atoms with Gasteiger partial charge in [-0.25, -0.2) is 9.13 Å². The Morgan fingerprint density at radius 1 is 0.650 bits per heavy atom. The molecule has 234 valence electrons.